The highest BCUT2D eigenvalue weighted by Gasteiger charge is 2.02. The lowest BCUT2D eigenvalue weighted by atomic mass is 10.3. The summed E-state index contributed by atoms with van der Waals surface area (Å²) in [7, 11) is 0. The SMILES string of the molecule is NCc1cnc(NC(=O)NCCCl)nc1. The third kappa shape index (κ3) is 4.09. The molecule has 0 atom stereocenters. The van der Waals surface area contributed by atoms with Crippen molar-refractivity contribution in [3.05, 3.63) is 18.0 Å². The lowest BCUT2D eigenvalue weighted by Gasteiger charge is -2.04. The standard InChI is InChI=1S/C8H12ClN5O/c9-1-2-11-8(15)14-7-12-4-6(3-10)5-13-7/h4-5H,1-3,10H2,(H2,11,12,13,14,15). The zero-order valence-electron chi connectivity index (χ0n) is 8.03. The van der Waals surface area contributed by atoms with Gasteiger partial charge in [0.1, 0.15) is 0 Å². The van der Waals surface area contributed by atoms with Crippen molar-refractivity contribution in [1.29, 1.82) is 0 Å². The smallest absolute Gasteiger partial charge is 0.321 e. The summed E-state index contributed by atoms with van der Waals surface area (Å²) in [5.74, 6) is 0.597. The van der Waals surface area contributed by atoms with E-state index >= 15 is 0 Å². The Labute approximate surface area is 92.2 Å². The predicted octanol–water partition coefficient (Wildman–Crippen LogP) is 0.296. The summed E-state index contributed by atoms with van der Waals surface area (Å²) in [6.45, 7) is 0.771. The number of hydrogen-bond acceptors (Lipinski definition) is 4. The molecule has 0 aromatic carbocycles. The largest absolute Gasteiger partial charge is 0.337 e. The average molecular weight is 230 g/mol. The second-order valence-electron chi connectivity index (χ2n) is 2.69. The zero-order valence-corrected chi connectivity index (χ0v) is 8.79. The quantitative estimate of drug-likeness (QED) is 0.648. The number of urea groups is 1. The lowest BCUT2D eigenvalue weighted by molar-refractivity contribution is 0.252. The van der Waals surface area contributed by atoms with Gasteiger partial charge in [0.05, 0.1) is 0 Å². The Bertz CT molecular complexity index is 315. The minimum Gasteiger partial charge on any atom is -0.337 e. The van der Waals surface area contributed by atoms with Crippen LogP contribution in [-0.2, 0) is 6.54 Å². The van der Waals surface area contributed by atoms with Crippen LogP contribution in [0.15, 0.2) is 12.4 Å². The molecule has 0 unspecified atom stereocenters. The third-order valence-corrected chi connectivity index (χ3v) is 1.74. The number of nitrogens with one attached hydrogen (secondary N) is 2. The molecule has 0 saturated heterocycles. The van der Waals surface area contributed by atoms with Gasteiger partial charge in [0.25, 0.3) is 0 Å². The molecule has 0 aliphatic heterocycles. The molecule has 1 rings (SSSR count). The number of aromatic nitrogens is 2. The Morgan fingerprint density at radius 2 is 2.13 bits per heavy atom. The van der Waals surface area contributed by atoms with Crippen molar-refractivity contribution in [3.8, 4) is 0 Å². The van der Waals surface area contributed by atoms with E-state index in [0.717, 1.165) is 5.56 Å². The number of nitrogens with two attached hydrogens (primary N) is 1. The Hall–Kier alpha value is -1.40. The molecule has 0 aliphatic rings. The minimum atomic E-state index is -0.379. The highest BCUT2D eigenvalue weighted by molar-refractivity contribution is 6.18. The second kappa shape index (κ2) is 6.15. The van der Waals surface area contributed by atoms with Crippen molar-refractivity contribution < 1.29 is 4.79 Å². The van der Waals surface area contributed by atoms with Gasteiger partial charge in [-0.3, -0.25) is 5.32 Å². The van der Waals surface area contributed by atoms with Gasteiger partial charge in [-0.25, -0.2) is 14.8 Å². The van der Waals surface area contributed by atoms with Gasteiger partial charge in [-0.1, -0.05) is 0 Å². The van der Waals surface area contributed by atoms with E-state index in [-0.39, 0.29) is 12.0 Å². The van der Waals surface area contributed by atoms with Crippen LogP contribution in [0.5, 0.6) is 0 Å². The van der Waals surface area contributed by atoms with Crippen molar-refractivity contribution in [2.45, 2.75) is 6.54 Å². The van der Waals surface area contributed by atoms with Gasteiger partial charge in [0.2, 0.25) is 5.95 Å². The highest BCUT2D eigenvalue weighted by Crippen LogP contribution is 1.98. The van der Waals surface area contributed by atoms with E-state index in [1.807, 2.05) is 0 Å². The molecule has 0 fully saturated rings. The summed E-state index contributed by atoms with van der Waals surface area (Å²) in [6, 6.07) is -0.379. The van der Waals surface area contributed by atoms with Crippen molar-refractivity contribution >= 4 is 23.6 Å². The van der Waals surface area contributed by atoms with Crippen molar-refractivity contribution in [2.75, 3.05) is 17.7 Å². The number of rotatable bonds is 4. The zero-order chi connectivity index (χ0) is 11.1. The number of anilines is 1. The summed E-state index contributed by atoms with van der Waals surface area (Å²) in [6.07, 6.45) is 3.12. The Balaban J connectivity index is 2.46. The van der Waals surface area contributed by atoms with Gasteiger partial charge in [-0.2, -0.15) is 0 Å². The van der Waals surface area contributed by atoms with Crippen LogP contribution in [0.2, 0.25) is 0 Å². The Morgan fingerprint density at radius 1 is 1.47 bits per heavy atom. The minimum absolute atomic E-state index is 0.235. The first-order chi connectivity index (χ1) is 7.26. The molecule has 0 spiro atoms. The molecule has 82 valence electrons. The van der Waals surface area contributed by atoms with E-state index in [0.29, 0.717) is 19.0 Å². The maximum atomic E-state index is 11.1. The third-order valence-electron chi connectivity index (χ3n) is 1.55. The predicted molar refractivity (Wildman–Crippen MR) is 57.7 cm³/mol. The molecule has 0 saturated carbocycles. The summed E-state index contributed by atoms with van der Waals surface area (Å²) >= 11 is 5.40. The number of carbonyl (C=O) groups excluding carboxylic acids is 1. The van der Waals surface area contributed by atoms with Gasteiger partial charge in [0.15, 0.2) is 0 Å². The Kier molecular flexibility index (Phi) is 4.79. The first-order valence-electron chi connectivity index (χ1n) is 4.38. The van der Waals surface area contributed by atoms with Crippen molar-refractivity contribution in [3.63, 3.8) is 0 Å². The summed E-state index contributed by atoms with van der Waals surface area (Å²) in [5.41, 5.74) is 6.18. The van der Waals surface area contributed by atoms with Crippen LogP contribution in [0.3, 0.4) is 0 Å². The molecule has 15 heavy (non-hydrogen) atoms. The van der Waals surface area contributed by atoms with Crippen LogP contribution in [0.4, 0.5) is 10.7 Å². The molecule has 4 N–H and O–H groups in total. The maximum Gasteiger partial charge on any atom is 0.321 e. The number of carbonyl (C=O) groups is 1. The molecule has 2 amide bonds. The summed E-state index contributed by atoms with van der Waals surface area (Å²) < 4.78 is 0. The molecule has 1 aromatic rings. The average Bonchev–Trinajstić information content (AvgIpc) is 2.27. The molecule has 1 aromatic heterocycles. The number of halogens is 1. The number of nitrogens with zero attached hydrogens (tertiary/aromatic N) is 2. The van der Waals surface area contributed by atoms with Crippen molar-refractivity contribution in [1.82, 2.24) is 15.3 Å². The first kappa shape index (κ1) is 11.7. The van der Waals surface area contributed by atoms with Crippen LogP contribution < -0.4 is 16.4 Å². The maximum absolute atomic E-state index is 11.1. The van der Waals surface area contributed by atoms with Gasteiger partial charge in [0, 0.05) is 36.9 Å². The van der Waals surface area contributed by atoms with Crippen LogP contribution in [0.1, 0.15) is 5.56 Å². The van der Waals surface area contributed by atoms with E-state index in [2.05, 4.69) is 20.6 Å². The van der Waals surface area contributed by atoms with Crippen LogP contribution in [-0.4, -0.2) is 28.4 Å². The molecular formula is C8H12ClN5O. The molecule has 6 nitrogen and oxygen atoms in total. The molecule has 0 radical (unpaired) electrons. The fourth-order valence-electron chi connectivity index (χ4n) is 0.831. The number of amides is 2. The Morgan fingerprint density at radius 3 is 2.67 bits per heavy atom. The monoisotopic (exact) mass is 229 g/mol. The van der Waals surface area contributed by atoms with Crippen LogP contribution in [0, 0.1) is 0 Å². The molecule has 0 aliphatic carbocycles. The normalized spacial score (nSPS) is 9.73. The van der Waals surface area contributed by atoms with Gasteiger partial charge in [-0.05, 0) is 0 Å². The van der Waals surface area contributed by atoms with Gasteiger partial charge >= 0.3 is 6.03 Å². The fourth-order valence-corrected chi connectivity index (χ4v) is 0.926. The second-order valence-corrected chi connectivity index (χ2v) is 3.07. The van der Waals surface area contributed by atoms with Gasteiger partial charge < -0.3 is 11.1 Å². The summed E-state index contributed by atoms with van der Waals surface area (Å²) in [4.78, 5) is 18.9. The van der Waals surface area contributed by atoms with E-state index in [4.69, 9.17) is 17.3 Å². The van der Waals surface area contributed by atoms with E-state index < -0.39 is 0 Å². The summed E-state index contributed by atoms with van der Waals surface area (Å²) in [5, 5.41) is 4.98. The van der Waals surface area contributed by atoms with Gasteiger partial charge in [-0.15, -0.1) is 11.6 Å². The molecular weight excluding hydrogens is 218 g/mol. The van der Waals surface area contributed by atoms with Crippen LogP contribution in [0.25, 0.3) is 0 Å². The van der Waals surface area contributed by atoms with E-state index in [1.54, 1.807) is 12.4 Å². The lowest BCUT2D eigenvalue weighted by Crippen LogP contribution is -2.30. The highest BCUT2D eigenvalue weighted by atomic mass is 35.5. The van der Waals surface area contributed by atoms with E-state index in [1.165, 1.54) is 0 Å². The first-order valence-corrected chi connectivity index (χ1v) is 4.91. The molecule has 7 heteroatoms. The number of alkyl halides is 1. The fraction of sp³-hybridized carbons (Fsp3) is 0.375. The molecule has 1 heterocycles. The van der Waals surface area contributed by atoms with E-state index in [9.17, 15) is 4.79 Å². The van der Waals surface area contributed by atoms with Crippen molar-refractivity contribution in [2.24, 2.45) is 5.73 Å². The van der Waals surface area contributed by atoms with Crippen LogP contribution >= 0.6 is 11.6 Å². The number of hydrogen-bond donors (Lipinski definition) is 3. The molecule has 0 bridgehead atoms. The topological polar surface area (TPSA) is 92.9 Å².